The molecule has 5 rings (SSSR count). The second-order valence-electron chi connectivity index (χ2n) is 9.82. The minimum atomic E-state index is -0.589. The van der Waals surface area contributed by atoms with E-state index in [1.807, 2.05) is 0 Å². The molecular weight excluding hydrogens is 553 g/mol. The number of halogens is 2. The lowest BCUT2D eigenvalue weighted by Gasteiger charge is -2.33. The number of aromatic nitrogens is 4. The lowest BCUT2D eigenvalue weighted by atomic mass is 10.1. The lowest BCUT2D eigenvalue weighted by molar-refractivity contribution is -0.134. The molecule has 1 saturated heterocycles. The van der Waals surface area contributed by atoms with Crippen LogP contribution in [0.3, 0.4) is 0 Å². The standard InChI is InChI=1S/C28H29ClFN7O4/c1-35(2)28(39)17-12-33-37(13-17)15-25(38)36-9-5-6-18(14-36)41-24-10-19-22(11-23(24)40-3)31-16-32-27(19)34-21-8-4-7-20(29)26(21)30/h4,7-8,10-13,16,18H,5-6,9,14-15H2,1-3H3,(H,31,32,34)/t18-/m1/s1. The first-order valence-corrected chi connectivity index (χ1v) is 13.3. The third-order valence-electron chi connectivity index (χ3n) is 6.73. The van der Waals surface area contributed by atoms with Crippen molar-refractivity contribution in [3.05, 3.63) is 65.5 Å². The van der Waals surface area contributed by atoms with Crippen LogP contribution >= 0.6 is 11.6 Å². The van der Waals surface area contributed by atoms with Crippen molar-refractivity contribution in [3.8, 4) is 11.5 Å². The summed E-state index contributed by atoms with van der Waals surface area (Å²) in [6, 6.07) is 8.13. The second kappa shape index (κ2) is 12.0. The Hall–Kier alpha value is -4.45. The van der Waals surface area contributed by atoms with Crippen LogP contribution in [0.15, 0.2) is 49.1 Å². The van der Waals surface area contributed by atoms with Gasteiger partial charge in [0.15, 0.2) is 17.3 Å². The monoisotopic (exact) mass is 581 g/mol. The van der Waals surface area contributed by atoms with Crippen LogP contribution in [0.4, 0.5) is 15.9 Å². The lowest BCUT2D eigenvalue weighted by Crippen LogP contribution is -2.45. The van der Waals surface area contributed by atoms with Gasteiger partial charge in [0, 0.05) is 38.3 Å². The van der Waals surface area contributed by atoms with Gasteiger partial charge in [-0.2, -0.15) is 5.10 Å². The van der Waals surface area contributed by atoms with Crippen LogP contribution in [0.5, 0.6) is 11.5 Å². The molecule has 0 aliphatic carbocycles. The van der Waals surface area contributed by atoms with E-state index in [0.29, 0.717) is 46.9 Å². The summed E-state index contributed by atoms with van der Waals surface area (Å²) in [4.78, 5) is 37.0. The van der Waals surface area contributed by atoms with E-state index in [1.165, 1.54) is 35.3 Å². The molecule has 0 radical (unpaired) electrons. The molecule has 0 bridgehead atoms. The Labute approximate surface area is 240 Å². The predicted molar refractivity (Wildman–Crippen MR) is 151 cm³/mol. The van der Waals surface area contributed by atoms with Crippen LogP contribution in [0, 0.1) is 5.82 Å². The maximum Gasteiger partial charge on any atom is 0.256 e. The van der Waals surface area contributed by atoms with Crippen molar-refractivity contribution in [2.45, 2.75) is 25.5 Å². The number of hydrogen-bond acceptors (Lipinski definition) is 8. The molecule has 13 heteroatoms. The number of amides is 2. The molecule has 0 saturated carbocycles. The van der Waals surface area contributed by atoms with Crippen molar-refractivity contribution in [2.24, 2.45) is 0 Å². The van der Waals surface area contributed by atoms with Crippen LogP contribution in [0.2, 0.25) is 5.02 Å². The number of hydrogen-bond donors (Lipinski definition) is 1. The zero-order valence-electron chi connectivity index (χ0n) is 22.8. The van der Waals surface area contributed by atoms with E-state index in [-0.39, 0.29) is 35.2 Å². The molecule has 1 aliphatic heterocycles. The molecule has 2 amide bonds. The minimum Gasteiger partial charge on any atom is -0.493 e. The van der Waals surface area contributed by atoms with Gasteiger partial charge in [0.2, 0.25) is 5.91 Å². The Morgan fingerprint density at radius 3 is 2.83 bits per heavy atom. The van der Waals surface area contributed by atoms with Crippen LogP contribution in [0.25, 0.3) is 10.9 Å². The molecule has 41 heavy (non-hydrogen) atoms. The van der Waals surface area contributed by atoms with E-state index in [9.17, 15) is 14.0 Å². The number of carbonyl (C=O) groups excluding carboxylic acids is 2. The van der Waals surface area contributed by atoms with Crippen LogP contribution in [-0.2, 0) is 11.3 Å². The molecule has 2 aromatic heterocycles. The third-order valence-corrected chi connectivity index (χ3v) is 7.03. The van der Waals surface area contributed by atoms with Gasteiger partial charge >= 0.3 is 0 Å². The summed E-state index contributed by atoms with van der Waals surface area (Å²) < 4.78 is 28.0. The summed E-state index contributed by atoms with van der Waals surface area (Å²) >= 11 is 5.94. The molecule has 11 nitrogen and oxygen atoms in total. The van der Waals surface area contributed by atoms with Crippen molar-refractivity contribution < 1.29 is 23.5 Å². The van der Waals surface area contributed by atoms with Gasteiger partial charge in [0.1, 0.15) is 24.8 Å². The molecule has 3 heterocycles. The van der Waals surface area contributed by atoms with E-state index in [2.05, 4.69) is 20.4 Å². The number of carbonyl (C=O) groups is 2. The molecule has 0 spiro atoms. The largest absolute Gasteiger partial charge is 0.493 e. The maximum absolute atomic E-state index is 14.6. The van der Waals surface area contributed by atoms with Crippen molar-refractivity contribution in [1.29, 1.82) is 0 Å². The smallest absolute Gasteiger partial charge is 0.256 e. The quantitative estimate of drug-likeness (QED) is 0.330. The van der Waals surface area contributed by atoms with E-state index in [4.69, 9.17) is 21.1 Å². The van der Waals surface area contributed by atoms with Crippen LogP contribution in [0.1, 0.15) is 23.2 Å². The van der Waals surface area contributed by atoms with E-state index >= 15 is 0 Å². The Morgan fingerprint density at radius 2 is 2.05 bits per heavy atom. The molecule has 2 aromatic carbocycles. The molecule has 1 fully saturated rings. The third kappa shape index (κ3) is 6.17. The average molecular weight is 582 g/mol. The fourth-order valence-electron chi connectivity index (χ4n) is 4.64. The summed E-state index contributed by atoms with van der Waals surface area (Å²) in [6.07, 6.45) is 5.58. The van der Waals surface area contributed by atoms with E-state index in [0.717, 1.165) is 12.8 Å². The van der Waals surface area contributed by atoms with Gasteiger partial charge in [0.05, 0.1) is 41.6 Å². The molecule has 214 valence electrons. The fraction of sp³-hybridized carbons (Fsp3) is 0.321. The average Bonchev–Trinajstić information content (AvgIpc) is 3.43. The number of likely N-dealkylation sites (tertiary alicyclic amines) is 1. The normalized spacial score (nSPS) is 15.0. The van der Waals surface area contributed by atoms with Gasteiger partial charge in [-0.1, -0.05) is 17.7 Å². The van der Waals surface area contributed by atoms with Crippen molar-refractivity contribution in [1.82, 2.24) is 29.5 Å². The number of nitrogens with one attached hydrogen (secondary N) is 1. The van der Waals surface area contributed by atoms with Crippen molar-refractivity contribution in [3.63, 3.8) is 0 Å². The molecule has 1 atom stereocenters. The zero-order chi connectivity index (χ0) is 29.1. The van der Waals surface area contributed by atoms with Crippen molar-refractivity contribution in [2.75, 3.05) is 39.6 Å². The second-order valence-corrected chi connectivity index (χ2v) is 10.2. The van der Waals surface area contributed by atoms with Gasteiger partial charge in [0.25, 0.3) is 5.91 Å². The number of benzene rings is 2. The van der Waals surface area contributed by atoms with Crippen molar-refractivity contribution >= 4 is 45.8 Å². The Balaban J connectivity index is 1.32. The Kier molecular flexibility index (Phi) is 8.20. The summed E-state index contributed by atoms with van der Waals surface area (Å²) in [5, 5.41) is 7.74. The highest BCUT2D eigenvalue weighted by atomic mass is 35.5. The summed E-state index contributed by atoms with van der Waals surface area (Å²) in [6.45, 7) is 0.972. The highest BCUT2D eigenvalue weighted by molar-refractivity contribution is 6.31. The fourth-order valence-corrected chi connectivity index (χ4v) is 4.82. The Bertz CT molecular complexity index is 1600. The van der Waals surface area contributed by atoms with Crippen LogP contribution in [-0.4, -0.2) is 81.8 Å². The topological polar surface area (TPSA) is 115 Å². The molecule has 4 aromatic rings. The summed E-state index contributed by atoms with van der Waals surface area (Å²) in [5.41, 5.74) is 1.16. The number of methoxy groups -OCH3 is 1. The number of piperidine rings is 1. The maximum atomic E-state index is 14.6. The molecule has 1 aliphatic rings. The molecule has 1 N–H and O–H groups in total. The zero-order valence-corrected chi connectivity index (χ0v) is 23.6. The number of anilines is 2. The number of rotatable bonds is 8. The van der Waals surface area contributed by atoms with Gasteiger partial charge < -0.3 is 24.6 Å². The SMILES string of the molecule is COc1cc2ncnc(Nc3cccc(Cl)c3F)c2cc1O[C@@H]1CCCN(C(=O)Cn2cc(C(=O)N(C)C)cn2)C1. The highest BCUT2D eigenvalue weighted by Gasteiger charge is 2.27. The predicted octanol–water partition coefficient (Wildman–Crippen LogP) is 4.14. The van der Waals surface area contributed by atoms with Gasteiger partial charge in [-0.15, -0.1) is 0 Å². The summed E-state index contributed by atoms with van der Waals surface area (Å²) in [5.74, 6) is 0.390. The highest BCUT2D eigenvalue weighted by Crippen LogP contribution is 2.36. The van der Waals surface area contributed by atoms with Gasteiger partial charge in [-0.3, -0.25) is 14.3 Å². The first-order valence-electron chi connectivity index (χ1n) is 13.0. The molecular formula is C28H29ClFN7O4. The first-order chi connectivity index (χ1) is 19.7. The van der Waals surface area contributed by atoms with Gasteiger partial charge in [-0.05, 0) is 31.0 Å². The first kappa shape index (κ1) is 28.1. The number of ether oxygens (including phenoxy) is 2. The van der Waals surface area contributed by atoms with Crippen LogP contribution < -0.4 is 14.8 Å². The van der Waals surface area contributed by atoms with E-state index < -0.39 is 5.82 Å². The summed E-state index contributed by atoms with van der Waals surface area (Å²) in [7, 11) is 4.85. The number of fused-ring (bicyclic) bond motifs is 1. The van der Waals surface area contributed by atoms with Gasteiger partial charge in [-0.25, -0.2) is 14.4 Å². The van der Waals surface area contributed by atoms with E-state index in [1.54, 1.807) is 49.5 Å². The minimum absolute atomic E-state index is 0.00879. The molecule has 0 unspecified atom stereocenters. The number of nitrogens with zero attached hydrogens (tertiary/aromatic N) is 6. The Morgan fingerprint density at radius 1 is 1.22 bits per heavy atom.